The van der Waals surface area contributed by atoms with E-state index >= 15 is 0 Å². The highest BCUT2D eigenvalue weighted by Crippen LogP contribution is 2.26. The van der Waals surface area contributed by atoms with E-state index < -0.39 is 47.2 Å². The number of anilines is 1. The van der Waals surface area contributed by atoms with Gasteiger partial charge in [0.1, 0.15) is 4.90 Å². The summed E-state index contributed by atoms with van der Waals surface area (Å²) in [5.74, 6) is -1.22. The summed E-state index contributed by atoms with van der Waals surface area (Å²) in [5, 5.41) is 0. The Bertz CT molecular complexity index is 720. The predicted octanol–water partition coefficient (Wildman–Crippen LogP) is -1.14. The van der Waals surface area contributed by atoms with Gasteiger partial charge >= 0.3 is 0 Å². The lowest BCUT2D eigenvalue weighted by atomic mass is 10.2. The van der Waals surface area contributed by atoms with Gasteiger partial charge in [-0.15, -0.1) is 0 Å². The van der Waals surface area contributed by atoms with Gasteiger partial charge in [-0.1, -0.05) is 0 Å². The van der Waals surface area contributed by atoms with Crippen LogP contribution >= 0.6 is 0 Å². The molecule has 0 aromatic heterocycles. The molecule has 0 bridgehead atoms. The van der Waals surface area contributed by atoms with Crippen molar-refractivity contribution in [3.8, 4) is 0 Å². The van der Waals surface area contributed by atoms with Gasteiger partial charge in [0.25, 0.3) is 26.1 Å². The maximum Gasteiger partial charge on any atom is 0.296 e. The van der Waals surface area contributed by atoms with Crippen molar-refractivity contribution in [2.45, 2.75) is 9.79 Å². The molecule has 100 valence electrons. The molecule has 1 rings (SSSR count). The minimum atomic E-state index is -4.88. The normalized spacial score (nSPS) is 12.3. The third-order valence-corrected chi connectivity index (χ3v) is 3.68. The molecule has 0 atom stereocenters. The molecule has 0 saturated carbocycles. The molecular formula is C7H8N2O7S2. The van der Waals surface area contributed by atoms with Gasteiger partial charge in [0, 0.05) is 0 Å². The zero-order valence-corrected chi connectivity index (χ0v) is 10.2. The molecule has 0 spiro atoms. The lowest BCUT2D eigenvalue weighted by Crippen LogP contribution is -2.17. The maximum absolute atomic E-state index is 11.0. The van der Waals surface area contributed by atoms with Crippen LogP contribution in [0.3, 0.4) is 0 Å². The number of amides is 1. The first-order valence-corrected chi connectivity index (χ1v) is 7.01. The van der Waals surface area contributed by atoms with Crippen LogP contribution in [0.15, 0.2) is 21.9 Å². The Morgan fingerprint density at radius 3 is 1.89 bits per heavy atom. The van der Waals surface area contributed by atoms with Crippen molar-refractivity contribution in [3.63, 3.8) is 0 Å². The first kappa shape index (κ1) is 14.4. The summed E-state index contributed by atoms with van der Waals surface area (Å²) in [4.78, 5) is 9.00. The number of hydrogen-bond acceptors (Lipinski definition) is 6. The summed E-state index contributed by atoms with van der Waals surface area (Å²) >= 11 is 0. The van der Waals surface area contributed by atoms with E-state index in [0.29, 0.717) is 12.1 Å². The molecule has 0 unspecified atom stereocenters. The van der Waals surface area contributed by atoms with Gasteiger partial charge in [0.2, 0.25) is 0 Å². The second kappa shape index (κ2) is 4.20. The standard InChI is InChI=1S/C7H8N2O7S2/c8-6-4(7(9)10)1-3(17(11,12)13)2-5(6)18(14,15)16/h1-2H,8H2,(H2,9,10)(H,11,12,13)(H,14,15,16). The molecule has 18 heavy (non-hydrogen) atoms. The molecule has 11 heteroatoms. The molecule has 6 N–H and O–H groups in total. The van der Waals surface area contributed by atoms with E-state index in [2.05, 4.69) is 0 Å². The number of carbonyl (C=O) groups excluding carboxylic acids is 1. The predicted molar refractivity (Wildman–Crippen MR) is 59.0 cm³/mol. The first-order valence-electron chi connectivity index (χ1n) is 4.13. The minimum absolute atomic E-state index is 0.409. The summed E-state index contributed by atoms with van der Waals surface area (Å²) in [7, 11) is -9.68. The number of rotatable bonds is 3. The van der Waals surface area contributed by atoms with Crippen LogP contribution in [0.1, 0.15) is 10.4 Å². The van der Waals surface area contributed by atoms with Crippen LogP contribution in [0.4, 0.5) is 5.69 Å². The number of nitrogen functional groups attached to an aromatic ring is 1. The molecule has 1 aromatic carbocycles. The Morgan fingerprint density at radius 2 is 1.56 bits per heavy atom. The topological polar surface area (TPSA) is 178 Å². The third-order valence-electron chi connectivity index (χ3n) is 1.96. The summed E-state index contributed by atoms with van der Waals surface area (Å²) in [6.07, 6.45) is 0. The fourth-order valence-electron chi connectivity index (χ4n) is 1.17. The number of hydrogen-bond donors (Lipinski definition) is 4. The van der Waals surface area contributed by atoms with Crippen LogP contribution in [0.2, 0.25) is 0 Å². The van der Waals surface area contributed by atoms with Gasteiger partial charge in [-0.25, -0.2) is 0 Å². The molecule has 0 heterocycles. The van der Waals surface area contributed by atoms with E-state index in [-0.39, 0.29) is 0 Å². The number of primary amides is 1. The van der Waals surface area contributed by atoms with E-state index in [1.807, 2.05) is 0 Å². The van der Waals surface area contributed by atoms with Crippen LogP contribution in [-0.4, -0.2) is 31.8 Å². The summed E-state index contributed by atoms with van der Waals surface area (Å²) < 4.78 is 61.3. The zero-order chi connectivity index (χ0) is 14.3. The maximum atomic E-state index is 11.0. The van der Waals surface area contributed by atoms with Gasteiger partial charge in [-0.2, -0.15) is 16.8 Å². The van der Waals surface area contributed by atoms with Gasteiger partial charge in [-0.3, -0.25) is 13.9 Å². The van der Waals surface area contributed by atoms with Crippen molar-refractivity contribution in [2.24, 2.45) is 5.73 Å². The third kappa shape index (κ3) is 2.76. The van der Waals surface area contributed by atoms with Gasteiger partial charge in [0.15, 0.2) is 0 Å². The van der Waals surface area contributed by atoms with E-state index in [0.717, 1.165) is 0 Å². The van der Waals surface area contributed by atoms with Crippen molar-refractivity contribution in [3.05, 3.63) is 17.7 Å². The lowest BCUT2D eigenvalue weighted by molar-refractivity contribution is 0.100. The highest BCUT2D eigenvalue weighted by atomic mass is 32.2. The number of benzene rings is 1. The Kier molecular flexibility index (Phi) is 3.36. The van der Waals surface area contributed by atoms with Crippen molar-refractivity contribution < 1.29 is 30.7 Å². The van der Waals surface area contributed by atoms with Crippen LogP contribution in [0.25, 0.3) is 0 Å². The minimum Gasteiger partial charge on any atom is -0.397 e. The highest BCUT2D eigenvalue weighted by molar-refractivity contribution is 7.86. The molecule has 0 radical (unpaired) electrons. The van der Waals surface area contributed by atoms with Crippen LogP contribution in [-0.2, 0) is 20.2 Å². The van der Waals surface area contributed by atoms with E-state index in [9.17, 15) is 21.6 Å². The van der Waals surface area contributed by atoms with Gasteiger partial charge < -0.3 is 11.5 Å². The number of nitrogens with two attached hydrogens (primary N) is 2. The summed E-state index contributed by atoms with van der Waals surface area (Å²) in [5.41, 5.74) is 8.77. The quantitative estimate of drug-likeness (QED) is 0.399. The molecule has 0 aliphatic carbocycles. The van der Waals surface area contributed by atoms with Gasteiger partial charge in [-0.05, 0) is 12.1 Å². The lowest BCUT2D eigenvalue weighted by Gasteiger charge is -2.08. The second-order valence-electron chi connectivity index (χ2n) is 3.20. The summed E-state index contributed by atoms with van der Waals surface area (Å²) in [6, 6.07) is 1.01. The smallest absolute Gasteiger partial charge is 0.296 e. The Balaban J connectivity index is 3.86. The van der Waals surface area contributed by atoms with Crippen molar-refractivity contribution in [1.82, 2.24) is 0 Å². The molecular weight excluding hydrogens is 288 g/mol. The van der Waals surface area contributed by atoms with Crippen molar-refractivity contribution in [1.29, 1.82) is 0 Å². The monoisotopic (exact) mass is 296 g/mol. The van der Waals surface area contributed by atoms with E-state index in [4.69, 9.17) is 20.6 Å². The van der Waals surface area contributed by atoms with Gasteiger partial charge in [0.05, 0.1) is 16.1 Å². The molecule has 0 aliphatic heterocycles. The van der Waals surface area contributed by atoms with Crippen LogP contribution < -0.4 is 11.5 Å². The number of carbonyl (C=O) groups is 1. The molecule has 0 fully saturated rings. The fraction of sp³-hybridized carbons (Fsp3) is 0. The highest BCUT2D eigenvalue weighted by Gasteiger charge is 2.24. The second-order valence-corrected chi connectivity index (χ2v) is 6.01. The first-order chi connectivity index (χ1) is 7.94. The molecule has 0 saturated heterocycles. The average Bonchev–Trinajstić information content (AvgIpc) is 2.13. The average molecular weight is 296 g/mol. The van der Waals surface area contributed by atoms with Crippen molar-refractivity contribution >= 4 is 31.8 Å². The van der Waals surface area contributed by atoms with E-state index in [1.54, 1.807) is 0 Å². The molecule has 1 aromatic rings. The van der Waals surface area contributed by atoms with Crippen molar-refractivity contribution in [2.75, 3.05) is 5.73 Å². The molecule has 9 nitrogen and oxygen atoms in total. The molecule has 0 aliphatic rings. The Hall–Kier alpha value is -1.69. The zero-order valence-electron chi connectivity index (χ0n) is 8.56. The van der Waals surface area contributed by atoms with Crippen LogP contribution in [0, 0.1) is 0 Å². The fourth-order valence-corrected chi connectivity index (χ4v) is 2.44. The van der Waals surface area contributed by atoms with Crippen LogP contribution in [0.5, 0.6) is 0 Å². The SMILES string of the molecule is NC(=O)c1cc(S(=O)(=O)O)cc(S(=O)(=O)O)c1N. The van der Waals surface area contributed by atoms with E-state index in [1.165, 1.54) is 0 Å². The Labute approximate surface area is 102 Å². The Morgan fingerprint density at radius 1 is 1.06 bits per heavy atom. The summed E-state index contributed by atoms with van der Waals surface area (Å²) in [6.45, 7) is 0. The molecule has 1 amide bonds. The largest absolute Gasteiger partial charge is 0.397 e.